The Bertz CT molecular complexity index is 684. The van der Waals surface area contributed by atoms with Crippen LogP contribution in [0.1, 0.15) is 32.1 Å². The zero-order valence-electron chi connectivity index (χ0n) is 13.3. The molecule has 0 aromatic heterocycles. The van der Waals surface area contributed by atoms with Crippen molar-refractivity contribution < 1.29 is 13.2 Å². The molecular weight excluding hydrogens is 332 g/mol. The van der Waals surface area contributed by atoms with Crippen molar-refractivity contribution in [2.45, 2.75) is 42.2 Å². The van der Waals surface area contributed by atoms with Crippen LogP contribution in [0.2, 0.25) is 0 Å². The van der Waals surface area contributed by atoms with Crippen LogP contribution in [-0.4, -0.2) is 43.3 Å². The average Bonchev–Trinajstić information content (AvgIpc) is 2.57. The van der Waals surface area contributed by atoms with Gasteiger partial charge in [0.1, 0.15) is 4.90 Å². The molecule has 0 saturated heterocycles. The molecule has 23 heavy (non-hydrogen) atoms. The number of rotatable bonds is 4. The van der Waals surface area contributed by atoms with E-state index in [1.807, 2.05) is 0 Å². The molecule has 0 spiro atoms. The third kappa shape index (κ3) is 3.21. The number of carbonyl (C=O) groups is 1. The fraction of sp³-hybridized carbons (Fsp3) is 0.562. The maximum absolute atomic E-state index is 12.7. The van der Waals surface area contributed by atoms with Gasteiger partial charge in [-0.15, -0.1) is 0 Å². The Balaban J connectivity index is 1.73. The molecular formula is C16H22N2O3S2. The number of sulfonamides is 1. The quantitative estimate of drug-likeness (QED) is 0.832. The molecule has 0 N–H and O–H groups in total. The highest BCUT2D eigenvalue weighted by Crippen LogP contribution is 2.34. The molecule has 5 nitrogen and oxygen atoms in total. The first-order valence-corrected chi connectivity index (χ1v) is 10.5. The second kappa shape index (κ2) is 6.73. The maximum atomic E-state index is 12.7. The number of hydrogen-bond donors (Lipinski definition) is 0. The summed E-state index contributed by atoms with van der Waals surface area (Å²) in [6.07, 6.45) is 6.23. The molecule has 0 bridgehead atoms. The lowest BCUT2D eigenvalue weighted by Crippen LogP contribution is -2.49. The van der Waals surface area contributed by atoms with Crippen LogP contribution in [0.25, 0.3) is 0 Å². The van der Waals surface area contributed by atoms with E-state index in [2.05, 4.69) is 0 Å². The van der Waals surface area contributed by atoms with Crippen LogP contribution in [0.3, 0.4) is 0 Å². The zero-order valence-corrected chi connectivity index (χ0v) is 14.9. The van der Waals surface area contributed by atoms with Crippen molar-refractivity contribution in [3.63, 3.8) is 0 Å². The van der Waals surface area contributed by atoms with Gasteiger partial charge in [0.2, 0.25) is 0 Å². The predicted octanol–water partition coefficient (Wildman–Crippen LogP) is 3.31. The number of carbonyl (C=O) groups excluding carboxylic acids is 1. The molecule has 126 valence electrons. The van der Waals surface area contributed by atoms with E-state index in [-0.39, 0.29) is 11.4 Å². The number of para-hydroxylation sites is 1. The number of hydrogen-bond acceptors (Lipinski definition) is 4. The third-order valence-corrected chi connectivity index (χ3v) is 7.68. The molecule has 1 aromatic rings. The smallest absolute Gasteiger partial charge is 0.295 e. The maximum Gasteiger partial charge on any atom is 0.338 e. The van der Waals surface area contributed by atoms with E-state index in [9.17, 15) is 13.2 Å². The Morgan fingerprint density at radius 3 is 2.61 bits per heavy atom. The van der Waals surface area contributed by atoms with Crippen molar-refractivity contribution in [2.75, 3.05) is 24.2 Å². The van der Waals surface area contributed by atoms with E-state index in [0.29, 0.717) is 16.7 Å². The predicted molar refractivity (Wildman–Crippen MR) is 93.5 cm³/mol. The summed E-state index contributed by atoms with van der Waals surface area (Å²) in [5.74, 6) is 0.658. The van der Waals surface area contributed by atoms with Crippen molar-refractivity contribution >= 4 is 33.5 Å². The monoisotopic (exact) mass is 354 g/mol. The molecule has 1 aromatic carbocycles. The SMILES string of the molecule is CN1C(=O)N(CCSC2CCCCC2)S(=O)(=O)c2ccccc21. The van der Waals surface area contributed by atoms with E-state index in [1.165, 1.54) is 37.0 Å². The van der Waals surface area contributed by atoms with Gasteiger partial charge >= 0.3 is 6.03 Å². The number of urea groups is 1. The van der Waals surface area contributed by atoms with Gasteiger partial charge in [0.15, 0.2) is 0 Å². The fourth-order valence-electron chi connectivity index (χ4n) is 3.19. The van der Waals surface area contributed by atoms with Gasteiger partial charge in [0.25, 0.3) is 10.0 Å². The van der Waals surface area contributed by atoms with Crippen molar-refractivity contribution in [1.29, 1.82) is 0 Å². The summed E-state index contributed by atoms with van der Waals surface area (Å²) in [7, 11) is -2.12. The van der Waals surface area contributed by atoms with E-state index in [0.717, 1.165) is 4.31 Å². The minimum absolute atomic E-state index is 0.213. The van der Waals surface area contributed by atoms with Gasteiger partial charge in [-0.2, -0.15) is 11.8 Å². The first kappa shape index (κ1) is 16.6. The molecule has 0 unspecified atom stereocenters. The van der Waals surface area contributed by atoms with Gasteiger partial charge in [-0.25, -0.2) is 17.5 Å². The molecule has 1 fully saturated rings. The van der Waals surface area contributed by atoms with Crippen LogP contribution >= 0.6 is 11.8 Å². The Labute approximate surface area is 142 Å². The number of amides is 2. The molecule has 3 rings (SSSR count). The van der Waals surface area contributed by atoms with Gasteiger partial charge in [-0.3, -0.25) is 4.90 Å². The Hall–Kier alpha value is -1.21. The minimum atomic E-state index is -3.74. The van der Waals surface area contributed by atoms with Crippen LogP contribution in [0, 0.1) is 0 Å². The van der Waals surface area contributed by atoms with Crippen molar-refractivity contribution in [3.8, 4) is 0 Å². The largest absolute Gasteiger partial charge is 0.338 e. The Kier molecular flexibility index (Phi) is 4.87. The Morgan fingerprint density at radius 2 is 1.87 bits per heavy atom. The van der Waals surface area contributed by atoms with Crippen LogP contribution in [0.4, 0.5) is 10.5 Å². The molecule has 1 aliphatic heterocycles. The van der Waals surface area contributed by atoms with E-state index in [1.54, 1.807) is 43.1 Å². The van der Waals surface area contributed by atoms with Crippen molar-refractivity contribution in [2.24, 2.45) is 0 Å². The molecule has 2 amide bonds. The van der Waals surface area contributed by atoms with Gasteiger partial charge in [0.05, 0.1) is 5.69 Å². The fourth-order valence-corrected chi connectivity index (χ4v) is 6.21. The second-order valence-corrected chi connectivity index (χ2v) is 9.26. The lowest BCUT2D eigenvalue weighted by molar-refractivity contribution is 0.230. The third-order valence-electron chi connectivity index (χ3n) is 4.50. The number of anilines is 1. The molecule has 0 atom stereocenters. The molecule has 1 heterocycles. The van der Waals surface area contributed by atoms with Gasteiger partial charge in [-0.1, -0.05) is 31.4 Å². The highest BCUT2D eigenvalue weighted by Gasteiger charge is 2.39. The van der Waals surface area contributed by atoms with Crippen LogP contribution < -0.4 is 4.90 Å². The standard InChI is InChI=1S/C16H22N2O3S2/c1-17-14-9-5-6-10-15(14)23(20,21)18(16(17)19)11-12-22-13-7-3-2-4-8-13/h5-6,9-10,13H,2-4,7-8,11-12H2,1H3. The summed E-state index contributed by atoms with van der Waals surface area (Å²) < 4.78 is 26.4. The Morgan fingerprint density at radius 1 is 1.17 bits per heavy atom. The molecule has 0 radical (unpaired) electrons. The van der Waals surface area contributed by atoms with E-state index < -0.39 is 16.1 Å². The van der Waals surface area contributed by atoms with Crippen LogP contribution in [0.5, 0.6) is 0 Å². The first-order valence-electron chi connectivity index (χ1n) is 8.03. The van der Waals surface area contributed by atoms with Crippen molar-refractivity contribution in [3.05, 3.63) is 24.3 Å². The molecule has 1 saturated carbocycles. The van der Waals surface area contributed by atoms with E-state index in [4.69, 9.17) is 0 Å². The van der Waals surface area contributed by atoms with Gasteiger partial charge < -0.3 is 0 Å². The summed E-state index contributed by atoms with van der Waals surface area (Å²) in [6.45, 7) is 0.237. The van der Waals surface area contributed by atoms with Gasteiger partial charge in [0, 0.05) is 24.6 Å². The second-order valence-electron chi connectivity index (χ2n) is 6.02. The highest BCUT2D eigenvalue weighted by atomic mass is 32.2. The molecule has 1 aliphatic carbocycles. The zero-order chi connectivity index (χ0) is 16.4. The summed E-state index contributed by atoms with van der Waals surface area (Å²) in [5, 5.41) is 0.608. The number of benzene rings is 1. The topological polar surface area (TPSA) is 57.7 Å². The van der Waals surface area contributed by atoms with Crippen molar-refractivity contribution in [1.82, 2.24) is 4.31 Å². The summed E-state index contributed by atoms with van der Waals surface area (Å²) in [6, 6.07) is 6.20. The highest BCUT2D eigenvalue weighted by molar-refractivity contribution is 8.00. The number of fused-ring (bicyclic) bond motifs is 1. The number of nitrogens with zero attached hydrogens (tertiary/aromatic N) is 2. The lowest BCUT2D eigenvalue weighted by Gasteiger charge is -2.34. The first-order chi connectivity index (χ1) is 11.0. The normalized spacial score (nSPS) is 21.3. The summed E-state index contributed by atoms with van der Waals surface area (Å²) in [5.41, 5.74) is 0.452. The molecule has 2 aliphatic rings. The van der Waals surface area contributed by atoms with E-state index >= 15 is 0 Å². The van der Waals surface area contributed by atoms with Gasteiger partial charge in [-0.05, 0) is 25.0 Å². The van der Waals surface area contributed by atoms with Crippen LogP contribution in [0.15, 0.2) is 29.2 Å². The number of thioether (sulfide) groups is 1. The average molecular weight is 354 g/mol. The van der Waals surface area contributed by atoms with Crippen LogP contribution in [-0.2, 0) is 10.0 Å². The minimum Gasteiger partial charge on any atom is -0.295 e. The summed E-state index contributed by atoms with van der Waals surface area (Å²) in [4.78, 5) is 14.1. The summed E-state index contributed by atoms with van der Waals surface area (Å²) >= 11 is 1.80. The lowest BCUT2D eigenvalue weighted by atomic mass is 10.0. The molecule has 7 heteroatoms.